The predicted molar refractivity (Wildman–Crippen MR) is 82.3 cm³/mol. The lowest BCUT2D eigenvalue weighted by molar-refractivity contribution is 0.0532. The van der Waals surface area contributed by atoms with Crippen molar-refractivity contribution in [3.8, 4) is 0 Å². The number of nitrogens with one attached hydrogen (secondary N) is 1. The Labute approximate surface area is 125 Å². The first-order valence-electron chi connectivity index (χ1n) is 6.89. The van der Waals surface area contributed by atoms with Crippen molar-refractivity contribution in [2.24, 2.45) is 0 Å². The lowest BCUT2D eigenvalue weighted by atomic mass is 10.1. The van der Waals surface area contributed by atoms with E-state index in [0.29, 0.717) is 13.1 Å². The van der Waals surface area contributed by atoms with Gasteiger partial charge in [-0.2, -0.15) is 0 Å². The molecule has 2 N–H and O–H groups in total. The molecule has 0 saturated heterocycles. The normalized spacial score (nSPS) is 11.5. The largest absolute Gasteiger partial charge is 0.389 e. The summed E-state index contributed by atoms with van der Waals surface area (Å²) in [5.41, 5.74) is 0.268. The molecule has 1 heterocycles. The van der Waals surface area contributed by atoms with Crippen molar-refractivity contribution in [3.63, 3.8) is 0 Å². The number of aryl methyl sites for hydroxylation is 2. The van der Waals surface area contributed by atoms with Crippen LogP contribution in [-0.4, -0.2) is 46.8 Å². The predicted octanol–water partition coefficient (Wildman–Crippen LogP) is 1.97. The van der Waals surface area contributed by atoms with Gasteiger partial charge in [-0.25, -0.2) is 9.78 Å². The van der Waals surface area contributed by atoms with Crippen LogP contribution >= 0.6 is 11.3 Å². The minimum absolute atomic E-state index is 0.170. The van der Waals surface area contributed by atoms with Crippen LogP contribution in [0.1, 0.15) is 36.3 Å². The number of likely N-dealkylation sites (N-methyl/N-ethyl adjacent to an activating group) is 1. The number of urea groups is 1. The molecule has 0 fully saturated rings. The Balaban J connectivity index is 2.38. The van der Waals surface area contributed by atoms with Crippen molar-refractivity contribution >= 4 is 17.4 Å². The van der Waals surface area contributed by atoms with Crippen LogP contribution in [-0.2, 0) is 12.8 Å². The van der Waals surface area contributed by atoms with Gasteiger partial charge in [0.25, 0.3) is 0 Å². The van der Waals surface area contributed by atoms with Crippen LogP contribution in [0.15, 0.2) is 0 Å². The van der Waals surface area contributed by atoms with E-state index in [1.165, 1.54) is 9.78 Å². The fraction of sp³-hybridized carbons (Fsp3) is 0.714. The van der Waals surface area contributed by atoms with Crippen LogP contribution < -0.4 is 5.32 Å². The summed E-state index contributed by atoms with van der Waals surface area (Å²) >= 11 is 1.69. The van der Waals surface area contributed by atoms with E-state index in [1.54, 1.807) is 32.2 Å². The third kappa shape index (κ3) is 5.46. The SMILES string of the molecule is CCc1nc(CCNC(=O)N(C)CC(C)(C)O)sc1C. The monoisotopic (exact) mass is 299 g/mol. The highest BCUT2D eigenvalue weighted by atomic mass is 32.1. The molecule has 0 unspecified atom stereocenters. The summed E-state index contributed by atoms with van der Waals surface area (Å²) in [6, 6.07) is -0.170. The first-order valence-corrected chi connectivity index (χ1v) is 7.71. The van der Waals surface area contributed by atoms with Gasteiger partial charge < -0.3 is 15.3 Å². The van der Waals surface area contributed by atoms with Crippen LogP contribution in [0.4, 0.5) is 4.79 Å². The Morgan fingerprint density at radius 1 is 1.50 bits per heavy atom. The number of carbonyl (C=O) groups is 1. The Morgan fingerprint density at radius 3 is 2.65 bits per heavy atom. The van der Waals surface area contributed by atoms with Gasteiger partial charge in [0.1, 0.15) is 0 Å². The van der Waals surface area contributed by atoms with Gasteiger partial charge in [-0.1, -0.05) is 6.92 Å². The van der Waals surface area contributed by atoms with E-state index in [1.807, 2.05) is 0 Å². The molecule has 2 amide bonds. The number of nitrogens with zero attached hydrogens (tertiary/aromatic N) is 2. The Kier molecular flexibility index (Phi) is 5.95. The van der Waals surface area contributed by atoms with Crippen molar-refractivity contribution in [3.05, 3.63) is 15.6 Å². The number of amides is 2. The molecule has 114 valence electrons. The van der Waals surface area contributed by atoms with E-state index in [-0.39, 0.29) is 6.03 Å². The van der Waals surface area contributed by atoms with Gasteiger partial charge in [0, 0.05) is 24.9 Å². The van der Waals surface area contributed by atoms with E-state index in [9.17, 15) is 9.90 Å². The zero-order valence-corrected chi connectivity index (χ0v) is 13.8. The van der Waals surface area contributed by atoms with Crippen molar-refractivity contribution in [2.75, 3.05) is 20.1 Å². The quantitative estimate of drug-likeness (QED) is 0.844. The third-order valence-electron chi connectivity index (χ3n) is 2.86. The summed E-state index contributed by atoms with van der Waals surface area (Å²) in [6.07, 6.45) is 1.69. The van der Waals surface area contributed by atoms with Crippen molar-refractivity contribution in [1.82, 2.24) is 15.2 Å². The highest BCUT2D eigenvalue weighted by Gasteiger charge is 2.19. The number of aromatic nitrogens is 1. The van der Waals surface area contributed by atoms with Crippen LogP contribution in [0.3, 0.4) is 0 Å². The fourth-order valence-corrected chi connectivity index (χ4v) is 3.01. The second-order valence-corrected chi connectivity index (χ2v) is 6.90. The molecule has 0 bridgehead atoms. The van der Waals surface area contributed by atoms with Gasteiger partial charge in [-0.15, -0.1) is 11.3 Å². The van der Waals surface area contributed by atoms with Gasteiger partial charge in [-0.05, 0) is 27.2 Å². The molecule has 5 nitrogen and oxygen atoms in total. The summed E-state index contributed by atoms with van der Waals surface area (Å²) in [7, 11) is 1.68. The maximum absolute atomic E-state index is 11.8. The van der Waals surface area contributed by atoms with Crippen LogP contribution in [0.2, 0.25) is 0 Å². The molecule has 1 aromatic heterocycles. The molecule has 0 saturated carbocycles. The molecular weight excluding hydrogens is 274 g/mol. The summed E-state index contributed by atoms with van der Waals surface area (Å²) in [5.74, 6) is 0. The van der Waals surface area contributed by atoms with Gasteiger partial charge in [0.15, 0.2) is 0 Å². The van der Waals surface area contributed by atoms with E-state index < -0.39 is 5.60 Å². The Hall–Kier alpha value is -1.14. The number of aliphatic hydroxyl groups is 1. The summed E-state index contributed by atoms with van der Waals surface area (Å²) in [5, 5.41) is 13.6. The molecule has 0 aliphatic heterocycles. The van der Waals surface area contributed by atoms with Crippen molar-refractivity contribution in [2.45, 2.75) is 46.1 Å². The standard InChI is InChI=1S/C14H25N3O2S/c1-6-11-10(2)20-12(16-11)7-8-15-13(18)17(5)9-14(3,4)19/h19H,6-9H2,1-5H3,(H,15,18). The smallest absolute Gasteiger partial charge is 0.317 e. The number of rotatable bonds is 6. The third-order valence-corrected chi connectivity index (χ3v) is 3.93. The Bertz CT molecular complexity index is 452. The van der Waals surface area contributed by atoms with Gasteiger partial charge in [0.2, 0.25) is 0 Å². The lowest BCUT2D eigenvalue weighted by Crippen LogP contribution is -2.45. The minimum Gasteiger partial charge on any atom is -0.389 e. The number of hydrogen-bond donors (Lipinski definition) is 2. The average molecular weight is 299 g/mol. The van der Waals surface area contributed by atoms with Crippen LogP contribution in [0, 0.1) is 6.92 Å². The van der Waals surface area contributed by atoms with E-state index in [4.69, 9.17) is 0 Å². The molecule has 1 aromatic rings. The molecule has 0 aliphatic rings. The molecule has 0 aliphatic carbocycles. The van der Waals surface area contributed by atoms with Gasteiger partial charge in [0.05, 0.1) is 22.8 Å². The maximum Gasteiger partial charge on any atom is 0.317 e. The van der Waals surface area contributed by atoms with Gasteiger partial charge >= 0.3 is 6.03 Å². The molecule has 6 heteroatoms. The van der Waals surface area contributed by atoms with Crippen molar-refractivity contribution < 1.29 is 9.90 Å². The molecule has 1 rings (SSSR count). The highest BCUT2D eigenvalue weighted by Crippen LogP contribution is 2.17. The second-order valence-electron chi connectivity index (χ2n) is 5.61. The average Bonchev–Trinajstić information content (AvgIpc) is 2.67. The lowest BCUT2D eigenvalue weighted by Gasteiger charge is -2.25. The second kappa shape index (κ2) is 7.04. The topological polar surface area (TPSA) is 65.5 Å². The zero-order chi connectivity index (χ0) is 15.3. The number of hydrogen-bond acceptors (Lipinski definition) is 4. The summed E-state index contributed by atoms with van der Waals surface area (Å²) < 4.78 is 0. The molecule has 0 atom stereocenters. The summed E-state index contributed by atoms with van der Waals surface area (Å²) in [4.78, 5) is 19.1. The summed E-state index contributed by atoms with van der Waals surface area (Å²) in [6.45, 7) is 8.40. The van der Waals surface area contributed by atoms with E-state index in [2.05, 4.69) is 24.1 Å². The molecule has 20 heavy (non-hydrogen) atoms. The number of carbonyl (C=O) groups excluding carboxylic acids is 1. The zero-order valence-electron chi connectivity index (χ0n) is 13.0. The van der Waals surface area contributed by atoms with Crippen LogP contribution in [0.5, 0.6) is 0 Å². The molecule has 0 aromatic carbocycles. The van der Waals surface area contributed by atoms with Gasteiger partial charge in [-0.3, -0.25) is 0 Å². The molecular formula is C14H25N3O2S. The fourth-order valence-electron chi connectivity index (χ4n) is 1.99. The first-order chi connectivity index (χ1) is 9.23. The van der Waals surface area contributed by atoms with E-state index >= 15 is 0 Å². The minimum atomic E-state index is -0.880. The maximum atomic E-state index is 11.8. The highest BCUT2D eigenvalue weighted by molar-refractivity contribution is 7.11. The van der Waals surface area contributed by atoms with Crippen LogP contribution in [0.25, 0.3) is 0 Å². The van der Waals surface area contributed by atoms with E-state index in [0.717, 1.165) is 23.5 Å². The molecule has 0 spiro atoms. The molecule has 0 radical (unpaired) electrons. The van der Waals surface area contributed by atoms with Crippen molar-refractivity contribution in [1.29, 1.82) is 0 Å². The number of thiazole rings is 1. The Morgan fingerprint density at radius 2 is 2.15 bits per heavy atom. The first kappa shape index (κ1) is 16.9.